The molecule has 0 fully saturated rings. The molecule has 0 aromatic rings. The zero-order valence-electron chi connectivity index (χ0n) is 8.82. The van der Waals surface area contributed by atoms with Gasteiger partial charge >= 0.3 is 0 Å². The number of hydrogen-bond donors (Lipinski definition) is 2. The molecule has 0 aromatic heterocycles. The molecule has 0 heterocycles. The van der Waals surface area contributed by atoms with Gasteiger partial charge in [-0.25, -0.2) is 0 Å². The van der Waals surface area contributed by atoms with Crippen LogP contribution in [0.3, 0.4) is 0 Å². The molecule has 0 amide bonds. The Balaban J connectivity index is 4.50. The minimum atomic E-state index is 0.258. The maximum absolute atomic E-state index is 5.65. The van der Waals surface area contributed by atoms with Crippen molar-refractivity contribution in [2.24, 2.45) is 16.5 Å². The first-order valence-electron chi connectivity index (χ1n) is 4.71. The predicted molar refractivity (Wildman–Crippen MR) is 61.6 cm³/mol. The third kappa shape index (κ3) is 4.09. The van der Waals surface area contributed by atoms with E-state index in [0.29, 0.717) is 5.82 Å². The first-order chi connectivity index (χ1) is 6.67. The van der Waals surface area contributed by atoms with Crippen LogP contribution in [0, 0.1) is 0 Å². The van der Waals surface area contributed by atoms with Gasteiger partial charge < -0.3 is 16.4 Å². The van der Waals surface area contributed by atoms with E-state index in [1.165, 1.54) is 0 Å². The van der Waals surface area contributed by atoms with Gasteiger partial charge in [0.15, 0.2) is 0 Å². The molecule has 14 heavy (non-hydrogen) atoms. The van der Waals surface area contributed by atoms with Crippen LogP contribution in [0.2, 0.25) is 0 Å². The summed E-state index contributed by atoms with van der Waals surface area (Å²) in [7, 11) is 0. The Kier molecular flexibility index (Phi) is 6.49. The van der Waals surface area contributed by atoms with Crippen LogP contribution >= 0.6 is 0 Å². The van der Waals surface area contributed by atoms with Gasteiger partial charge in [-0.1, -0.05) is 19.6 Å². The standard InChI is InChI=1S/C10H20N4/c1-4-6-10(5-2)14(9(3)12)8-13-7-11/h4,8,10H,1,3,5-7,11-12H2,2H3/t10-/m1/s1. The molecule has 0 saturated carbocycles. The molecule has 0 aliphatic carbocycles. The van der Waals surface area contributed by atoms with E-state index in [2.05, 4.69) is 25.1 Å². The lowest BCUT2D eigenvalue weighted by atomic mass is 10.1. The Morgan fingerprint density at radius 2 is 2.29 bits per heavy atom. The van der Waals surface area contributed by atoms with Crippen molar-refractivity contribution in [3.8, 4) is 0 Å². The number of nitrogens with zero attached hydrogens (tertiary/aromatic N) is 2. The number of aliphatic imine (C=N–C) groups is 1. The number of hydrogen-bond acceptors (Lipinski definition) is 3. The fraction of sp³-hybridized carbons (Fsp3) is 0.500. The van der Waals surface area contributed by atoms with Gasteiger partial charge in [0.05, 0.1) is 18.8 Å². The molecular formula is C10H20N4. The summed E-state index contributed by atoms with van der Waals surface area (Å²) in [4.78, 5) is 5.78. The molecule has 0 radical (unpaired) electrons. The van der Waals surface area contributed by atoms with Crippen LogP contribution in [-0.2, 0) is 0 Å². The van der Waals surface area contributed by atoms with Crippen molar-refractivity contribution in [1.82, 2.24) is 4.90 Å². The van der Waals surface area contributed by atoms with E-state index in [-0.39, 0.29) is 12.7 Å². The van der Waals surface area contributed by atoms with Crippen molar-refractivity contribution in [2.75, 3.05) is 6.67 Å². The van der Waals surface area contributed by atoms with Crippen LogP contribution in [0.1, 0.15) is 19.8 Å². The first kappa shape index (κ1) is 12.7. The lowest BCUT2D eigenvalue weighted by Gasteiger charge is -2.27. The molecule has 0 bridgehead atoms. The second-order valence-electron chi connectivity index (χ2n) is 2.97. The molecule has 4 nitrogen and oxygen atoms in total. The Morgan fingerprint density at radius 1 is 1.64 bits per heavy atom. The fourth-order valence-electron chi connectivity index (χ4n) is 1.21. The van der Waals surface area contributed by atoms with E-state index in [0.717, 1.165) is 12.8 Å². The monoisotopic (exact) mass is 196 g/mol. The van der Waals surface area contributed by atoms with Gasteiger partial charge in [0, 0.05) is 6.04 Å². The first-order valence-corrected chi connectivity index (χ1v) is 4.71. The second kappa shape index (κ2) is 7.15. The van der Waals surface area contributed by atoms with Crippen molar-refractivity contribution in [2.45, 2.75) is 25.8 Å². The maximum atomic E-state index is 5.65. The topological polar surface area (TPSA) is 67.6 Å². The van der Waals surface area contributed by atoms with Crippen molar-refractivity contribution < 1.29 is 0 Å². The van der Waals surface area contributed by atoms with Crippen molar-refractivity contribution in [3.63, 3.8) is 0 Å². The Bertz CT molecular complexity index is 210. The quantitative estimate of drug-likeness (QED) is 0.363. The minimum Gasteiger partial charge on any atom is -0.386 e. The highest BCUT2D eigenvalue weighted by Crippen LogP contribution is 2.10. The third-order valence-electron chi connectivity index (χ3n) is 1.95. The smallest absolute Gasteiger partial charge is 0.0967 e. The molecule has 4 heteroatoms. The molecule has 0 unspecified atom stereocenters. The number of rotatable bonds is 7. The molecule has 0 aromatic carbocycles. The molecule has 1 atom stereocenters. The molecule has 0 spiro atoms. The van der Waals surface area contributed by atoms with Gasteiger partial charge in [0.2, 0.25) is 0 Å². The SMILES string of the molecule is C=CC[C@@H](CC)N(C=NCN)C(=C)N. The molecular weight excluding hydrogens is 176 g/mol. The van der Waals surface area contributed by atoms with E-state index >= 15 is 0 Å². The van der Waals surface area contributed by atoms with E-state index in [1.54, 1.807) is 6.34 Å². The van der Waals surface area contributed by atoms with Crippen LogP contribution in [-0.4, -0.2) is 23.9 Å². The van der Waals surface area contributed by atoms with Crippen LogP contribution < -0.4 is 11.5 Å². The lowest BCUT2D eigenvalue weighted by molar-refractivity contribution is 0.371. The summed E-state index contributed by atoms with van der Waals surface area (Å²) in [6.07, 6.45) is 5.31. The lowest BCUT2D eigenvalue weighted by Crippen LogP contribution is -2.35. The van der Waals surface area contributed by atoms with E-state index in [4.69, 9.17) is 11.5 Å². The summed E-state index contributed by atoms with van der Waals surface area (Å²) in [6.45, 7) is 9.74. The van der Waals surface area contributed by atoms with E-state index in [9.17, 15) is 0 Å². The Labute approximate surface area is 86.0 Å². The van der Waals surface area contributed by atoms with Crippen molar-refractivity contribution >= 4 is 6.34 Å². The van der Waals surface area contributed by atoms with Crippen LogP contribution in [0.25, 0.3) is 0 Å². The summed E-state index contributed by atoms with van der Waals surface area (Å²) in [5, 5.41) is 0. The molecule has 0 saturated heterocycles. The van der Waals surface area contributed by atoms with Gasteiger partial charge in [-0.15, -0.1) is 6.58 Å². The van der Waals surface area contributed by atoms with Crippen molar-refractivity contribution in [3.05, 3.63) is 25.1 Å². The van der Waals surface area contributed by atoms with Crippen LogP contribution in [0.4, 0.5) is 0 Å². The highest BCUT2D eigenvalue weighted by molar-refractivity contribution is 5.58. The summed E-state index contributed by atoms with van der Waals surface area (Å²) in [5.41, 5.74) is 10.9. The Morgan fingerprint density at radius 3 is 2.64 bits per heavy atom. The maximum Gasteiger partial charge on any atom is 0.0967 e. The molecule has 0 aliphatic rings. The summed E-state index contributed by atoms with van der Waals surface area (Å²) in [5.74, 6) is 0.482. The second-order valence-corrected chi connectivity index (χ2v) is 2.97. The van der Waals surface area contributed by atoms with E-state index in [1.807, 2.05) is 11.0 Å². The molecule has 4 N–H and O–H groups in total. The average Bonchev–Trinajstić information content (AvgIpc) is 2.16. The van der Waals surface area contributed by atoms with Crippen molar-refractivity contribution in [1.29, 1.82) is 0 Å². The van der Waals surface area contributed by atoms with Gasteiger partial charge in [-0.05, 0) is 12.8 Å². The largest absolute Gasteiger partial charge is 0.386 e. The molecule has 80 valence electrons. The normalized spacial score (nSPS) is 12.7. The molecule has 0 aliphatic heterocycles. The average molecular weight is 196 g/mol. The zero-order valence-corrected chi connectivity index (χ0v) is 8.82. The summed E-state index contributed by atoms with van der Waals surface area (Å²) < 4.78 is 0. The van der Waals surface area contributed by atoms with Crippen LogP contribution in [0.15, 0.2) is 30.0 Å². The van der Waals surface area contributed by atoms with Gasteiger partial charge in [-0.2, -0.15) is 0 Å². The van der Waals surface area contributed by atoms with Gasteiger partial charge in [0.25, 0.3) is 0 Å². The fourth-order valence-corrected chi connectivity index (χ4v) is 1.21. The zero-order chi connectivity index (χ0) is 11.0. The van der Waals surface area contributed by atoms with Crippen LogP contribution in [0.5, 0.6) is 0 Å². The minimum absolute atomic E-state index is 0.258. The third-order valence-corrected chi connectivity index (χ3v) is 1.95. The Hall–Kier alpha value is -1.29. The summed E-state index contributed by atoms with van der Waals surface area (Å²) >= 11 is 0. The van der Waals surface area contributed by atoms with E-state index < -0.39 is 0 Å². The van der Waals surface area contributed by atoms with Gasteiger partial charge in [0.1, 0.15) is 0 Å². The summed E-state index contributed by atoms with van der Waals surface area (Å²) in [6, 6.07) is 0.264. The highest BCUT2D eigenvalue weighted by Gasteiger charge is 2.12. The number of nitrogens with two attached hydrogens (primary N) is 2. The molecule has 0 rings (SSSR count). The highest BCUT2D eigenvalue weighted by atomic mass is 15.2. The van der Waals surface area contributed by atoms with Gasteiger partial charge in [-0.3, -0.25) is 4.99 Å². The predicted octanol–water partition coefficient (Wildman–Crippen LogP) is 1.02.